The summed E-state index contributed by atoms with van der Waals surface area (Å²) in [5, 5.41) is 2.88. The monoisotopic (exact) mass is 360 g/mol. The van der Waals surface area contributed by atoms with Crippen LogP contribution in [-0.4, -0.2) is 47.3 Å². The Bertz CT molecular complexity index is 734. The minimum absolute atomic E-state index is 0.117. The summed E-state index contributed by atoms with van der Waals surface area (Å²) in [4.78, 5) is 18.8. The van der Waals surface area contributed by atoms with Crippen LogP contribution in [0.3, 0.4) is 0 Å². The molecular formula is C19H25FN4O2. The van der Waals surface area contributed by atoms with Gasteiger partial charge in [0.15, 0.2) is 0 Å². The van der Waals surface area contributed by atoms with Crippen LogP contribution in [0.4, 0.5) is 9.18 Å². The lowest BCUT2D eigenvalue weighted by molar-refractivity contribution is 0.172. The molecule has 26 heavy (non-hydrogen) atoms. The van der Waals surface area contributed by atoms with Crippen molar-refractivity contribution in [3.8, 4) is 0 Å². The molecule has 7 heteroatoms. The number of rotatable bonds is 6. The zero-order valence-electron chi connectivity index (χ0n) is 15.0. The summed E-state index contributed by atoms with van der Waals surface area (Å²) in [6, 6.07) is 6.16. The lowest BCUT2D eigenvalue weighted by Crippen LogP contribution is -2.45. The van der Waals surface area contributed by atoms with Crippen LogP contribution in [0.15, 0.2) is 36.7 Å². The number of carbonyl (C=O) groups excluding carboxylic acids is 1. The maximum atomic E-state index is 13.2. The Labute approximate surface area is 153 Å². The molecule has 140 valence electrons. The van der Waals surface area contributed by atoms with E-state index in [1.165, 1.54) is 12.1 Å². The largest absolute Gasteiger partial charge is 0.383 e. The van der Waals surface area contributed by atoms with Crippen molar-refractivity contribution in [1.82, 2.24) is 19.8 Å². The van der Waals surface area contributed by atoms with E-state index in [-0.39, 0.29) is 17.8 Å². The molecule has 1 saturated heterocycles. The minimum atomic E-state index is -0.294. The van der Waals surface area contributed by atoms with E-state index in [1.54, 1.807) is 25.4 Å². The Morgan fingerprint density at radius 2 is 2.35 bits per heavy atom. The van der Waals surface area contributed by atoms with Gasteiger partial charge in [-0.1, -0.05) is 12.1 Å². The molecule has 0 saturated carbocycles. The minimum Gasteiger partial charge on any atom is -0.383 e. The van der Waals surface area contributed by atoms with Crippen LogP contribution in [0.1, 0.15) is 30.1 Å². The van der Waals surface area contributed by atoms with Crippen molar-refractivity contribution >= 4 is 6.03 Å². The van der Waals surface area contributed by atoms with Crippen LogP contribution in [0.2, 0.25) is 0 Å². The Morgan fingerprint density at radius 3 is 3.15 bits per heavy atom. The summed E-state index contributed by atoms with van der Waals surface area (Å²) < 4.78 is 20.5. The fourth-order valence-corrected chi connectivity index (χ4v) is 3.37. The SMILES string of the molecule is COCCn1ccnc1[C@@H]1CCCN(C(=O)NCc2cccc(F)c2)C1. The molecule has 1 N–H and O–H groups in total. The number of amides is 2. The van der Waals surface area contributed by atoms with E-state index in [2.05, 4.69) is 14.9 Å². The van der Waals surface area contributed by atoms with Crippen molar-refractivity contribution in [2.24, 2.45) is 0 Å². The number of nitrogens with zero attached hydrogens (tertiary/aromatic N) is 3. The predicted molar refractivity (Wildman–Crippen MR) is 96.3 cm³/mol. The first-order valence-corrected chi connectivity index (χ1v) is 8.94. The topological polar surface area (TPSA) is 59.4 Å². The summed E-state index contributed by atoms with van der Waals surface area (Å²) >= 11 is 0. The summed E-state index contributed by atoms with van der Waals surface area (Å²) in [5.41, 5.74) is 0.752. The molecular weight excluding hydrogens is 335 g/mol. The van der Waals surface area contributed by atoms with Gasteiger partial charge in [-0.2, -0.15) is 0 Å². The lowest BCUT2D eigenvalue weighted by atomic mass is 9.97. The van der Waals surface area contributed by atoms with Crippen molar-refractivity contribution < 1.29 is 13.9 Å². The fraction of sp³-hybridized carbons (Fsp3) is 0.474. The second-order valence-electron chi connectivity index (χ2n) is 6.55. The lowest BCUT2D eigenvalue weighted by Gasteiger charge is -2.32. The van der Waals surface area contributed by atoms with Crippen LogP contribution in [0, 0.1) is 5.82 Å². The Balaban J connectivity index is 1.57. The zero-order chi connectivity index (χ0) is 18.4. The number of carbonyl (C=O) groups is 1. The molecule has 2 aromatic rings. The molecule has 1 aliphatic heterocycles. The summed E-state index contributed by atoms with van der Waals surface area (Å²) in [5.74, 6) is 0.929. The van der Waals surface area contributed by atoms with Gasteiger partial charge in [0.2, 0.25) is 0 Å². The second-order valence-corrected chi connectivity index (χ2v) is 6.55. The van der Waals surface area contributed by atoms with E-state index in [1.807, 2.05) is 11.1 Å². The van der Waals surface area contributed by atoms with Gasteiger partial charge in [-0.25, -0.2) is 14.2 Å². The van der Waals surface area contributed by atoms with Crippen molar-refractivity contribution in [2.45, 2.75) is 31.8 Å². The molecule has 1 fully saturated rings. The van der Waals surface area contributed by atoms with E-state index >= 15 is 0 Å². The number of imidazole rings is 1. The Morgan fingerprint density at radius 1 is 1.46 bits per heavy atom. The number of methoxy groups -OCH3 is 1. The van der Waals surface area contributed by atoms with Gasteiger partial charge in [-0.3, -0.25) is 0 Å². The van der Waals surface area contributed by atoms with E-state index in [4.69, 9.17) is 4.74 Å². The highest BCUT2D eigenvalue weighted by atomic mass is 19.1. The zero-order valence-corrected chi connectivity index (χ0v) is 15.0. The van der Waals surface area contributed by atoms with Gasteiger partial charge < -0.3 is 19.5 Å². The molecule has 0 aliphatic carbocycles. The first-order chi connectivity index (χ1) is 12.7. The van der Waals surface area contributed by atoms with Crippen LogP contribution in [0.5, 0.6) is 0 Å². The molecule has 2 heterocycles. The van der Waals surface area contributed by atoms with Gasteiger partial charge in [0.25, 0.3) is 0 Å². The molecule has 0 radical (unpaired) electrons. The van der Waals surface area contributed by atoms with Crippen LogP contribution >= 0.6 is 0 Å². The van der Waals surface area contributed by atoms with Crippen LogP contribution in [0.25, 0.3) is 0 Å². The number of benzene rings is 1. The van der Waals surface area contributed by atoms with E-state index < -0.39 is 0 Å². The smallest absolute Gasteiger partial charge is 0.317 e. The van der Waals surface area contributed by atoms with Crippen molar-refractivity contribution in [2.75, 3.05) is 26.8 Å². The quantitative estimate of drug-likeness (QED) is 0.862. The molecule has 1 aromatic heterocycles. The van der Waals surface area contributed by atoms with E-state index in [9.17, 15) is 9.18 Å². The number of hydrogen-bond acceptors (Lipinski definition) is 3. The molecule has 6 nitrogen and oxygen atoms in total. The molecule has 0 unspecified atom stereocenters. The number of urea groups is 1. The van der Waals surface area contributed by atoms with Gasteiger partial charge in [0.05, 0.1) is 6.61 Å². The van der Waals surface area contributed by atoms with E-state index in [0.717, 1.165) is 37.3 Å². The predicted octanol–water partition coefficient (Wildman–Crippen LogP) is 2.76. The first kappa shape index (κ1) is 18.4. The van der Waals surface area contributed by atoms with E-state index in [0.29, 0.717) is 19.7 Å². The van der Waals surface area contributed by atoms with Crippen molar-refractivity contribution in [3.63, 3.8) is 0 Å². The number of aromatic nitrogens is 2. The number of ether oxygens (including phenoxy) is 1. The van der Waals surface area contributed by atoms with Crippen LogP contribution < -0.4 is 5.32 Å². The number of piperidine rings is 1. The van der Waals surface area contributed by atoms with Crippen LogP contribution in [-0.2, 0) is 17.8 Å². The number of nitrogens with one attached hydrogen (secondary N) is 1. The number of hydrogen-bond donors (Lipinski definition) is 1. The molecule has 3 rings (SSSR count). The Hall–Kier alpha value is -2.41. The summed E-state index contributed by atoms with van der Waals surface area (Å²) in [7, 11) is 1.68. The standard InChI is InChI=1S/C19H25FN4O2/c1-26-11-10-23-9-7-21-18(23)16-5-3-8-24(14-16)19(25)22-13-15-4-2-6-17(20)12-15/h2,4,6-7,9,12,16H,3,5,8,10-11,13-14H2,1H3,(H,22,25)/t16-/m1/s1. The van der Waals surface area contributed by atoms with Gasteiger partial charge in [0.1, 0.15) is 11.6 Å². The molecule has 1 aliphatic rings. The average Bonchev–Trinajstić information content (AvgIpc) is 3.13. The summed E-state index contributed by atoms with van der Waals surface area (Å²) in [6.07, 6.45) is 5.71. The normalized spacial score (nSPS) is 17.3. The summed E-state index contributed by atoms with van der Waals surface area (Å²) in [6.45, 7) is 3.07. The number of likely N-dealkylation sites (tertiary alicyclic amines) is 1. The molecule has 1 aromatic carbocycles. The highest BCUT2D eigenvalue weighted by Gasteiger charge is 2.27. The third kappa shape index (κ3) is 4.60. The van der Waals surface area contributed by atoms with Crippen molar-refractivity contribution in [3.05, 3.63) is 53.9 Å². The highest BCUT2D eigenvalue weighted by molar-refractivity contribution is 5.74. The first-order valence-electron chi connectivity index (χ1n) is 8.94. The van der Waals surface area contributed by atoms with Gasteiger partial charge >= 0.3 is 6.03 Å². The third-order valence-corrected chi connectivity index (χ3v) is 4.69. The van der Waals surface area contributed by atoms with Crippen molar-refractivity contribution in [1.29, 1.82) is 0 Å². The Kier molecular flexibility index (Phi) is 6.22. The molecule has 2 amide bonds. The maximum absolute atomic E-state index is 13.2. The highest BCUT2D eigenvalue weighted by Crippen LogP contribution is 2.26. The maximum Gasteiger partial charge on any atom is 0.317 e. The third-order valence-electron chi connectivity index (χ3n) is 4.69. The average molecular weight is 360 g/mol. The number of halogens is 1. The molecule has 1 atom stereocenters. The van der Waals surface area contributed by atoms with Gasteiger partial charge in [0, 0.05) is 51.6 Å². The molecule has 0 bridgehead atoms. The molecule has 0 spiro atoms. The van der Waals surface area contributed by atoms with Gasteiger partial charge in [-0.05, 0) is 30.5 Å². The van der Waals surface area contributed by atoms with Gasteiger partial charge in [-0.15, -0.1) is 0 Å². The fourth-order valence-electron chi connectivity index (χ4n) is 3.37. The second kappa shape index (κ2) is 8.80.